The summed E-state index contributed by atoms with van der Waals surface area (Å²) in [6, 6.07) is 9.87. The molecular formula is C23H21F2N5O7. The minimum Gasteiger partial charge on any atom is -0.473 e. The molecule has 4 rings (SSSR count). The van der Waals surface area contributed by atoms with Crippen molar-refractivity contribution in [3.63, 3.8) is 0 Å². The van der Waals surface area contributed by atoms with Crippen molar-refractivity contribution < 1.29 is 42.7 Å². The summed E-state index contributed by atoms with van der Waals surface area (Å²) in [5.74, 6) is -5.00. The van der Waals surface area contributed by atoms with Gasteiger partial charge < -0.3 is 25.4 Å². The molecule has 2 heterocycles. The van der Waals surface area contributed by atoms with Crippen LogP contribution in [0.4, 0.5) is 14.5 Å². The second-order valence-electron chi connectivity index (χ2n) is 7.79. The first kappa shape index (κ1) is 26.9. The highest BCUT2D eigenvalue weighted by molar-refractivity contribution is 6.27. The van der Waals surface area contributed by atoms with Crippen LogP contribution in [0.25, 0.3) is 11.4 Å². The van der Waals surface area contributed by atoms with E-state index >= 15 is 0 Å². The molecule has 1 fully saturated rings. The maximum Gasteiger partial charge on any atom is 0.414 e. The number of hydrogen-bond acceptors (Lipinski definition) is 8. The molecule has 0 unspecified atom stereocenters. The van der Waals surface area contributed by atoms with Crippen molar-refractivity contribution in [2.75, 3.05) is 32.0 Å². The lowest BCUT2D eigenvalue weighted by molar-refractivity contribution is -0.159. The number of carbonyl (C=O) groups excluding carboxylic acids is 2. The van der Waals surface area contributed by atoms with Crippen molar-refractivity contribution in [1.29, 1.82) is 0 Å². The standard InChI is InChI=1S/C21H19F2N5O3.C2H2O4/c1-24-20(30)13-4-2-3-12(7-13)19-26-21(31-27-19)14-9-28(10-14)11-18(29)25-17-6-5-15(22)8-16(17)23;3-1(4)2(5)6/h2-8,14H,9-11H2,1H3,(H,24,30)(H,25,29);(H,3,4)(H,5,6). The van der Waals surface area contributed by atoms with E-state index in [0.29, 0.717) is 42.0 Å². The minimum atomic E-state index is -1.82. The number of aliphatic carboxylic acids is 2. The fourth-order valence-electron chi connectivity index (χ4n) is 3.30. The number of aromatic nitrogens is 2. The zero-order chi connectivity index (χ0) is 27.1. The average molecular weight is 517 g/mol. The topological polar surface area (TPSA) is 175 Å². The lowest BCUT2D eigenvalue weighted by Crippen LogP contribution is -2.48. The molecule has 194 valence electrons. The normalized spacial score (nSPS) is 13.1. The number of carboxylic acids is 2. The minimum absolute atomic E-state index is 0.0290. The van der Waals surface area contributed by atoms with Crippen LogP contribution < -0.4 is 10.6 Å². The molecule has 2 amide bonds. The third-order valence-corrected chi connectivity index (χ3v) is 5.11. The first-order valence-corrected chi connectivity index (χ1v) is 10.7. The highest BCUT2D eigenvalue weighted by atomic mass is 19.1. The molecule has 14 heteroatoms. The molecule has 0 atom stereocenters. The number of anilines is 1. The summed E-state index contributed by atoms with van der Waals surface area (Å²) in [5, 5.41) is 23.8. The van der Waals surface area contributed by atoms with Gasteiger partial charge in [0.25, 0.3) is 5.91 Å². The Balaban J connectivity index is 0.000000568. The zero-order valence-corrected chi connectivity index (χ0v) is 19.3. The molecule has 0 spiro atoms. The molecule has 12 nitrogen and oxygen atoms in total. The van der Waals surface area contributed by atoms with Gasteiger partial charge in [0.1, 0.15) is 11.6 Å². The van der Waals surface area contributed by atoms with Gasteiger partial charge in [0, 0.05) is 37.3 Å². The lowest BCUT2D eigenvalue weighted by atomic mass is 10.0. The van der Waals surface area contributed by atoms with Gasteiger partial charge in [-0.15, -0.1) is 0 Å². The highest BCUT2D eigenvalue weighted by Gasteiger charge is 2.33. The fraction of sp³-hybridized carbons (Fsp3) is 0.217. The van der Waals surface area contributed by atoms with E-state index in [-0.39, 0.29) is 24.1 Å². The molecule has 1 saturated heterocycles. The molecule has 1 aliphatic heterocycles. The summed E-state index contributed by atoms with van der Waals surface area (Å²) in [6.07, 6.45) is 0. The van der Waals surface area contributed by atoms with Gasteiger partial charge in [-0.2, -0.15) is 4.98 Å². The number of halogens is 2. The molecule has 1 aliphatic rings. The van der Waals surface area contributed by atoms with Crippen LogP contribution in [0, 0.1) is 11.6 Å². The Bertz CT molecular complexity index is 1310. The van der Waals surface area contributed by atoms with Crippen LogP contribution in [-0.2, 0) is 14.4 Å². The summed E-state index contributed by atoms with van der Waals surface area (Å²) in [6.45, 7) is 1.11. The molecule has 1 aromatic heterocycles. The van der Waals surface area contributed by atoms with Crippen LogP contribution in [0.3, 0.4) is 0 Å². The molecule has 3 aromatic rings. The van der Waals surface area contributed by atoms with Crippen LogP contribution in [0.1, 0.15) is 22.2 Å². The Morgan fingerprint density at radius 3 is 2.41 bits per heavy atom. The van der Waals surface area contributed by atoms with Crippen LogP contribution >= 0.6 is 0 Å². The zero-order valence-electron chi connectivity index (χ0n) is 19.3. The number of hydrogen-bond donors (Lipinski definition) is 4. The molecule has 2 aromatic carbocycles. The van der Waals surface area contributed by atoms with Gasteiger partial charge in [-0.05, 0) is 24.3 Å². The van der Waals surface area contributed by atoms with E-state index in [1.807, 2.05) is 4.90 Å². The first-order chi connectivity index (χ1) is 17.6. The van der Waals surface area contributed by atoms with E-state index in [9.17, 15) is 18.4 Å². The molecular weight excluding hydrogens is 496 g/mol. The lowest BCUT2D eigenvalue weighted by Gasteiger charge is -2.36. The second kappa shape index (κ2) is 11.8. The monoisotopic (exact) mass is 517 g/mol. The maximum absolute atomic E-state index is 13.6. The van der Waals surface area contributed by atoms with Crippen molar-refractivity contribution in [2.24, 2.45) is 0 Å². The third-order valence-electron chi connectivity index (χ3n) is 5.11. The largest absolute Gasteiger partial charge is 0.473 e. The van der Waals surface area contributed by atoms with Gasteiger partial charge >= 0.3 is 11.9 Å². The van der Waals surface area contributed by atoms with Gasteiger partial charge in [0.15, 0.2) is 0 Å². The number of carboxylic acid groups (broad SMARTS) is 2. The quantitative estimate of drug-likeness (QED) is 0.351. The SMILES string of the molecule is CNC(=O)c1cccc(-c2noc(C3CN(CC(=O)Nc4ccc(F)cc4F)C3)n2)c1.O=C(O)C(=O)O. The smallest absolute Gasteiger partial charge is 0.414 e. The summed E-state index contributed by atoms with van der Waals surface area (Å²) in [7, 11) is 1.56. The van der Waals surface area contributed by atoms with E-state index in [2.05, 4.69) is 20.8 Å². The van der Waals surface area contributed by atoms with E-state index < -0.39 is 29.5 Å². The summed E-state index contributed by atoms with van der Waals surface area (Å²) >= 11 is 0. The van der Waals surface area contributed by atoms with Crippen molar-refractivity contribution in [1.82, 2.24) is 20.4 Å². The summed E-state index contributed by atoms with van der Waals surface area (Å²) in [5.41, 5.74) is 1.08. The summed E-state index contributed by atoms with van der Waals surface area (Å²) in [4.78, 5) is 48.3. The van der Waals surface area contributed by atoms with Crippen LogP contribution in [-0.4, -0.2) is 75.7 Å². The van der Waals surface area contributed by atoms with E-state index in [1.165, 1.54) is 6.07 Å². The first-order valence-electron chi connectivity index (χ1n) is 10.7. The van der Waals surface area contributed by atoms with Crippen molar-refractivity contribution in [3.05, 3.63) is 65.6 Å². The van der Waals surface area contributed by atoms with Gasteiger partial charge in [-0.3, -0.25) is 14.5 Å². The van der Waals surface area contributed by atoms with E-state index in [0.717, 1.165) is 6.07 Å². The molecule has 0 aliphatic carbocycles. The molecule has 37 heavy (non-hydrogen) atoms. The molecule has 0 bridgehead atoms. The average Bonchev–Trinajstić information content (AvgIpc) is 3.32. The number of amides is 2. The predicted octanol–water partition coefficient (Wildman–Crippen LogP) is 1.57. The van der Waals surface area contributed by atoms with Gasteiger partial charge in [0.05, 0.1) is 18.2 Å². The van der Waals surface area contributed by atoms with Crippen LogP contribution in [0.2, 0.25) is 0 Å². The fourth-order valence-corrected chi connectivity index (χ4v) is 3.30. The Morgan fingerprint density at radius 1 is 1.08 bits per heavy atom. The Kier molecular flexibility index (Phi) is 8.58. The Labute approximate surface area is 207 Å². The van der Waals surface area contributed by atoms with Crippen molar-refractivity contribution in [3.8, 4) is 11.4 Å². The third kappa shape index (κ3) is 7.14. The number of nitrogens with zero attached hydrogens (tertiary/aromatic N) is 3. The van der Waals surface area contributed by atoms with Crippen LogP contribution in [0.15, 0.2) is 47.0 Å². The predicted molar refractivity (Wildman–Crippen MR) is 123 cm³/mol. The van der Waals surface area contributed by atoms with E-state index in [1.54, 1.807) is 31.3 Å². The van der Waals surface area contributed by atoms with Gasteiger partial charge in [0.2, 0.25) is 17.6 Å². The molecule has 4 N–H and O–H groups in total. The van der Waals surface area contributed by atoms with Gasteiger partial charge in [-0.1, -0.05) is 17.3 Å². The number of likely N-dealkylation sites (tertiary alicyclic amines) is 1. The number of rotatable bonds is 6. The second-order valence-corrected chi connectivity index (χ2v) is 7.79. The Morgan fingerprint density at radius 2 is 1.78 bits per heavy atom. The van der Waals surface area contributed by atoms with Gasteiger partial charge in [-0.25, -0.2) is 18.4 Å². The molecule has 0 saturated carbocycles. The summed E-state index contributed by atoms with van der Waals surface area (Å²) < 4.78 is 31.9. The van der Waals surface area contributed by atoms with Crippen LogP contribution in [0.5, 0.6) is 0 Å². The molecule has 0 radical (unpaired) electrons. The highest BCUT2D eigenvalue weighted by Crippen LogP contribution is 2.28. The number of benzene rings is 2. The maximum atomic E-state index is 13.6. The van der Waals surface area contributed by atoms with Crippen molar-refractivity contribution >= 4 is 29.4 Å². The van der Waals surface area contributed by atoms with Crippen molar-refractivity contribution in [2.45, 2.75) is 5.92 Å². The number of nitrogens with one attached hydrogen (secondary N) is 2. The number of carbonyl (C=O) groups is 4. The Hall–Kier alpha value is -4.72. The van der Waals surface area contributed by atoms with E-state index in [4.69, 9.17) is 24.3 Å².